The fourth-order valence-electron chi connectivity index (χ4n) is 2.71. The normalized spacial score (nSPS) is 19.2. The van der Waals surface area contributed by atoms with E-state index in [0.717, 1.165) is 31.7 Å². The average molecular weight is 325 g/mol. The fraction of sp³-hybridized carbons (Fsp3) is 0.688. The highest BCUT2D eigenvalue weighted by molar-refractivity contribution is 7.92. The summed E-state index contributed by atoms with van der Waals surface area (Å²) in [5.74, 6) is 0.837. The Labute approximate surface area is 134 Å². The van der Waals surface area contributed by atoms with Gasteiger partial charge in [0.25, 0.3) is 0 Å². The first-order valence-electron chi connectivity index (χ1n) is 8.01. The average Bonchev–Trinajstić information content (AvgIpc) is 2.99. The van der Waals surface area contributed by atoms with Gasteiger partial charge >= 0.3 is 0 Å². The van der Waals surface area contributed by atoms with E-state index in [1.165, 1.54) is 6.42 Å². The molecule has 6 heteroatoms. The molecule has 2 heterocycles. The summed E-state index contributed by atoms with van der Waals surface area (Å²) in [6, 6.07) is 3.97. The second-order valence-corrected chi connectivity index (χ2v) is 9.05. The Kier molecular flexibility index (Phi) is 6.35. The molecule has 1 aliphatic heterocycles. The van der Waals surface area contributed by atoms with Gasteiger partial charge in [-0.2, -0.15) is 0 Å². The SMILES string of the molecule is CC(C)S(=O)(=O)CCN(Cc1cccnc1)C[C@H]1CCNC1. The smallest absolute Gasteiger partial charge is 0.153 e. The summed E-state index contributed by atoms with van der Waals surface area (Å²) in [4.78, 5) is 6.41. The summed E-state index contributed by atoms with van der Waals surface area (Å²) < 4.78 is 24.1. The number of pyridine rings is 1. The molecule has 0 aliphatic carbocycles. The van der Waals surface area contributed by atoms with Gasteiger partial charge in [-0.1, -0.05) is 6.07 Å². The predicted molar refractivity (Wildman–Crippen MR) is 89.4 cm³/mol. The lowest BCUT2D eigenvalue weighted by Crippen LogP contribution is -2.35. The molecule has 0 unspecified atom stereocenters. The van der Waals surface area contributed by atoms with Crippen molar-refractivity contribution in [2.75, 3.05) is 31.9 Å². The minimum atomic E-state index is -2.99. The van der Waals surface area contributed by atoms with Crippen molar-refractivity contribution in [2.24, 2.45) is 5.92 Å². The van der Waals surface area contributed by atoms with E-state index in [0.29, 0.717) is 12.5 Å². The summed E-state index contributed by atoms with van der Waals surface area (Å²) in [5, 5.41) is 3.07. The Balaban J connectivity index is 1.97. The molecule has 2 rings (SSSR count). The maximum Gasteiger partial charge on any atom is 0.153 e. The van der Waals surface area contributed by atoms with Crippen LogP contribution in [0.5, 0.6) is 0 Å². The summed E-state index contributed by atoms with van der Waals surface area (Å²) in [5.41, 5.74) is 1.13. The lowest BCUT2D eigenvalue weighted by molar-refractivity contribution is 0.241. The third-order valence-corrected chi connectivity index (χ3v) is 6.41. The molecule has 22 heavy (non-hydrogen) atoms. The van der Waals surface area contributed by atoms with E-state index >= 15 is 0 Å². The van der Waals surface area contributed by atoms with Gasteiger partial charge in [-0.3, -0.25) is 9.88 Å². The van der Waals surface area contributed by atoms with E-state index < -0.39 is 9.84 Å². The Morgan fingerprint density at radius 1 is 1.45 bits per heavy atom. The molecule has 0 radical (unpaired) electrons. The molecule has 1 aliphatic rings. The molecule has 1 aromatic heterocycles. The number of rotatable bonds is 8. The number of hydrogen-bond donors (Lipinski definition) is 1. The fourth-order valence-corrected chi connectivity index (χ4v) is 3.70. The Morgan fingerprint density at radius 2 is 2.27 bits per heavy atom. The van der Waals surface area contributed by atoms with Crippen molar-refractivity contribution in [3.05, 3.63) is 30.1 Å². The second-order valence-electron chi connectivity index (χ2n) is 6.37. The van der Waals surface area contributed by atoms with Crippen LogP contribution < -0.4 is 5.32 Å². The van der Waals surface area contributed by atoms with E-state index in [1.807, 2.05) is 18.3 Å². The number of sulfone groups is 1. The van der Waals surface area contributed by atoms with Crippen LogP contribution in [0.3, 0.4) is 0 Å². The van der Waals surface area contributed by atoms with Gasteiger partial charge in [-0.05, 0) is 50.9 Å². The van der Waals surface area contributed by atoms with Crippen LogP contribution in [0.1, 0.15) is 25.8 Å². The quantitative estimate of drug-likeness (QED) is 0.781. The van der Waals surface area contributed by atoms with Gasteiger partial charge in [0.1, 0.15) is 0 Å². The van der Waals surface area contributed by atoms with Gasteiger partial charge < -0.3 is 5.32 Å². The van der Waals surface area contributed by atoms with Gasteiger partial charge in [0.15, 0.2) is 9.84 Å². The number of nitrogens with zero attached hydrogens (tertiary/aromatic N) is 2. The van der Waals surface area contributed by atoms with Gasteiger partial charge in [-0.25, -0.2) is 8.42 Å². The topological polar surface area (TPSA) is 62.3 Å². The van der Waals surface area contributed by atoms with Crippen molar-refractivity contribution in [2.45, 2.75) is 32.1 Å². The van der Waals surface area contributed by atoms with E-state index in [-0.39, 0.29) is 11.0 Å². The van der Waals surface area contributed by atoms with E-state index in [1.54, 1.807) is 20.0 Å². The lowest BCUT2D eigenvalue weighted by atomic mass is 10.1. The molecular weight excluding hydrogens is 298 g/mol. The summed E-state index contributed by atoms with van der Waals surface area (Å²) in [6.45, 7) is 7.89. The largest absolute Gasteiger partial charge is 0.316 e. The maximum absolute atomic E-state index is 12.1. The molecule has 0 saturated carbocycles. The first kappa shape index (κ1) is 17.4. The minimum Gasteiger partial charge on any atom is -0.316 e. The van der Waals surface area contributed by atoms with Crippen LogP contribution in [0.4, 0.5) is 0 Å². The Bertz CT molecular complexity index is 540. The molecule has 0 aromatic carbocycles. The molecule has 1 fully saturated rings. The van der Waals surface area contributed by atoms with Crippen molar-refractivity contribution in [3.63, 3.8) is 0 Å². The summed E-state index contributed by atoms with van der Waals surface area (Å²) in [6.07, 6.45) is 4.79. The molecule has 5 nitrogen and oxygen atoms in total. The molecule has 1 atom stereocenters. The predicted octanol–water partition coefficient (Wildman–Crippen LogP) is 1.32. The molecular formula is C16H27N3O2S. The van der Waals surface area contributed by atoms with Crippen molar-refractivity contribution in [1.82, 2.24) is 15.2 Å². The van der Waals surface area contributed by atoms with Crippen molar-refractivity contribution >= 4 is 9.84 Å². The Hall–Kier alpha value is -0.980. The van der Waals surface area contributed by atoms with Crippen LogP contribution in [-0.2, 0) is 16.4 Å². The molecule has 1 saturated heterocycles. The van der Waals surface area contributed by atoms with E-state index in [2.05, 4.69) is 15.2 Å². The van der Waals surface area contributed by atoms with Crippen LogP contribution in [-0.4, -0.2) is 55.5 Å². The molecule has 1 aromatic rings. The van der Waals surface area contributed by atoms with E-state index in [9.17, 15) is 8.42 Å². The van der Waals surface area contributed by atoms with Crippen molar-refractivity contribution < 1.29 is 8.42 Å². The molecule has 0 spiro atoms. The molecule has 0 amide bonds. The highest BCUT2D eigenvalue weighted by Crippen LogP contribution is 2.13. The third kappa shape index (κ3) is 5.34. The standard InChI is InChI=1S/C16H27N3O2S/c1-14(2)22(20,21)9-8-19(13-16-5-7-18-11-16)12-15-4-3-6-17-10-15/h3-4,6,10,14,16,18H,5,7-9,11-13H2,1-2H3/t16-/m0/s1. The van der Waals surface area contributed by atoms with Crippen LogP contribution in [0.15, 0.2) is 24.5 Å². The molecule has 124 valence electrons. The maximum atomic E-state index is 12.1. The summed E-state index contributed by atoms with van der Waals surface area (Å²) >= 11 is 0. The highest BCUT2D eigenvalue weighted by Gasteiger charge is 2.22. The number of nitrogens with one attached hydrogen (secondary N) is 1. The van der Waals surface area contributed by atoms with Gasteiger partial charge in [0, 0.05) is 32.0 Å². The molecule has 0 bridgehead atoms. The van der Waals surface area contributed by atoms with Crippen molar-refractivity contribution in [3.8, 4) is 0 Å². The molecule has 1 N–H and O–H groups in total. The first-order valence-corrected chi connectivity index (χ1v) is 9.72. The third-order valence-electron chi connectivity index (χ3n) is 4.22. The number of aromatic nitrogens is 1. The van der Waals surface area contributed by atoms with Crippen LogP contribution in [0, 0.1) is 5.92 Å². The zero-order valence-corrected chi connectivity index (χ0v) is 14.3. The van der Waals surface area contributed by atoms with Gasteiger partial charge in [0.2, 0.25) is 0 Å². The van der Waals surface area contributed by atoms with Crippen LogP contribution >= 0.6 is 0 Å². The van der Waals surface area contributed by atoms with Crippen LogP contribution in [0.25, 0.3) is 0 Å². The zero-order valence-electron chi connectivity index (χ0n) is 13.5. The first-order chi connectivity index (χ1) is 10.5. The Morgan fingerprint density at radius 3 is 2.86 bits per heavy atom. The zero-order chi connectivity index (χ0) is 16.0. The summed E-state index contributed by atoms with van der Waals surface area (Å²) in [7, 11) is -2.99. The minimum absolute atomic E-state index is 0.227. The highest BCUT2D eigenvalue weighted by atomic mass is 32.2. The lowest BCUT2D eigenvalue weighted by Gasteiger charge is -2.25. The number of hydrogen-bond acceptors (Lipinski definition) is 5. The monoisotopic (exact) mass is 325 g/mol. The van der Waals surface area contributed by atoms with Crippen molar-refractivity contribution in [1.29, 1.82) is 0 Å². The van der Waals surface area contributed by atoms with Gasteiger partial charge in [-0.15, -0.1) is 0 Å². The van der Waals surface area contributed by atoms with Crippen LogP contribution in [0.2, 0.25) is 0 Å². The second kappa shape index (κ2) is 8.04. The van der Waals surface area contributed by atoms with E-state index in [4.69, 9.17) is 0 Å². The van der Waals surface area contributed by atoms with Gasteiger partial charge in [0.05, 0.1) is 11.0 Å².